The molecule has 0 bridgehead atoms. The molecule has 4 fully saturated rings. The number of carbonyl (C=O) groups is 4. The van der Waals surface area contributed by atoms with Crippen LogP contribution in [0, 0.1) is 6.92 Å². The van der Waals surface area contributed by atoms with Crippen LogP contribution in [0.4, 0.5) is 45.5 Å². The number of aromatic nitrogens is 6. The zero-order chi connectivity index (χ0) is 95.5. The van der Waals surface area contributed by atoms with Gasteiger partial charge < -0.3 is 21.3 Å². The number of aryl methyl sites for hydroxylation is 1. The molecule has 37 heteroatoms. The number of pyridine rings is 6. The minimum atomic E-state index is -3.34. The summed E-state index contributed by atoms with van der Waals surface area (Å²) in [6, 6.07) is 75.9. The predicted molar refractivity (Wildman–Crippen MR) is 545 cm³/mol. The number of para-hydroxylation sites is 2. The first-order valence-electron chi connectivity index (χ1n) is 42.4. The van der Waals surface area contributed by atoms with Crippen molar-refractivity contribution in [2.45, 2.75) is 32.6 Å². The summed E-state index contributed by atoms with van der Waals surface area (Å²) in [4.78, 5) is 78.9. The highest BCUT2D eigenvalue weighted by atomic mass is 35.5. The van der Waals surface area contributed by atoms with Crippen LogP contribution < -0.4 is 38.5 Å². The van der Waals surface area contributed by atoms with Crippen LogP contribution in [0.3, 0.4) is 0 Å². The average Bonchev–Trinajstić information content (AvgIpc) is 1.54. The van der Waals surface area contributed by atoms with Crippen molar-refractivity contribution in [1.29, 1.82) is 0 Å². The molecular formula is C99H77Cl7N14O12S4. The lowest BCUT2D eigenvalue weighted by Gasteiger charge is -2.18. The minimum Gasteiger partial charge on any atom is -0.322 e. The molecule has 0 radical (unpaired) electrons. The van der Waals surface area contributed by atoms with Crippen molar-refractivity contribution in [3.63, 3.8) is 0 Å². The quantitative estimate of drug-likeness (QED) is 0.0698. The number of fused-ring (bicyclic) bond motifs is 4. The molecular weight excluding hydrogens is 1950 g/mol. The molecule has 10 aromatic carbocycles. The fourth-order valence-electron chi connectivity index (χ4n) is 16.0. The second kappa shape index (κ2) is 40.2. The first-order valence-corrected chi connectivity index (χ1v) is 51.5. The van der Waals surface area contributed by atoms with Gasteiger partial charge in [0.15, 0.2) is 0 Å². The highest BCUT2D eigenvalue weighted by Gasteiger charge is 2.34. The Bertz CT molecular complexity index is 7450. The van der Waals surface area contributed by atoms with Crippen LogP contribution in [0.2, 0.25) is 35.2 Å². The third kappa shape index (κ3) is 21.0. The van der Waals surface area contributed by atoms with Gasteiger partial charge in [0.25, 0.3) is 23.6 Å². The van der Waals surface area contributed by atoms with E-state index < -0.39 is 57.8 Å². The zero-order valence-corrected chi connectivity index (χ0v) is 80.3. The Morgan fingerprint density at radius 2 is 0.618 bits per heavy atom. The SMILES string of the molecule is Cc1cc(N2CCCS2(=O)=O)ccc1C(=O)Nc1ccc(Cl)c(-c2ccc3ccccc3n2)c1.O=C(Nc1ccc(Cl)c(-c2ccc3ccccc3n2)c1)c1ccc(N2CCCS2(=O)=O)cc1Cl.O=C(Nc1ccc(Cl)c(-c2ccc3ncccc3n2)c1)c1ccc(N2CCCS2(=O)=O)cc1Cl.O=C(Nc1ccc(Cl)c(-c2nccc3ncccc23)c1)c1ccc(N2CCCS2(=O)=O)cc1Cl. The van der Waals surface area contributed by atoms with Gasteiger partial charge >= 0.3 is 0 Å². The molecule has 4 N–H and O–H groups in total. The van der Waals surface area contributed by atoms with Crippen LogP contribution in [0.5, 0.6) is 0 Å². The number of hydrogen-bond donors (Lipinski definition) is 4. The Labute approximate surface area is 817 Å². The summed E-state index contributed by atoms with van der Waals surface area (Å²) < 4.78 is 103. The van der Waals surface area contributed by atoms with E-state index in [0.717, 1.165) is 49.3 Å². The molecule has 0 saturated carbocycles. The molecule has 4 amide bonds. The number of halogens is 7. The van der Waals surface area contributed by atoms with E-state index in [1.54, 1.807) is 135 Å². The number of sulfonamides is 4. The van der Waals surface area contributed by atoms with E-state index in [0.29, 0.717) is 168 Å². The maximum Gasteiger partial charge on any atom is 0.257 e. The second-order valence-corrected chi connectivity index (χ2v) is 42.7. The van der Waals surface area contributed by atoms with Gasteiger partial charge in [-0.15, -0.1) is 0 Å². The van der Waals surface area contributed by atoms with Crippen LogP contribution in [0.15, 0.2) is 279 Å². The highest BCUT2D eigenvalue weighted by molar-refractivity contribution is 7.94. The largest absolute Gasteiger partial charge is 0.322 e. The van der Waals surface area contributed by atoms with E-state index >= 15 is 0 Å². The predicted octanol–water partition coefficient (Wildman–Crippen LogP) is 22.4. The molecule has 10 heterocycles. The summed E-state index contributed by atoms with van der Waals surface area (Å²) in [5, 5.41) is 16.8. The van der Waals surface area contributed by atoms with Crippen LogP contribution in [-0.2, 0) is 40.1 Å². The fraction of sp³-hybridized carbons (Fsp3) is 0.131. The Morgan fingerprint density at radius 3 is 1.00 bits per heavy atom. The second-order valence-electron chi connectivity index (χ2n) is 31.8. The third-order valence-corrected chi connectivity index (χ3v) is 32.5. The molecule has 16 aromatic rings. The summed E-state index contributed by atoms with van der Waals surface area (Å²) >= 11 is 44.8. The van der Waals surface area contributed by atoms with Crippen molar-refractivity contribution in [2.75, 3.05) is 87.7 Å². The summed E-state index contributed by atoms with van der Waals surface area (Å²) in [7, 11) is -13.3. The monoisotopic (exact) mass is 2030 g/mol. The Morgan fingerprint density at radius 1 is 0.287 bits per heavy atom. The molecule has 4 saturated heterocycles. The first kappa shape index (κ1) is 94.8. The van der Waals surface area contributed by atoms with Crippen LogP contribution in [-0.4, -0.2) is 136 Å². The maximum atomic E-state index is 13.0. The summed E-state index contributed by atoms with van der Waals surface area (Å²) in [5.41, 5.74) is 15.4. The lowest BCUT2D eigenvalue weighted by atomic mass is 10.1. The van der Waals surface area contributed by atoms with Crippen molar-refractivity contribution in [3.8, 4) is 45.0 Å². The molecule has 4 aliphatic rings. The molecule has 0 unspecified atom stereocenters. The standard InChI is InChI=1S/C26H22ClN3O3S.C25H19Cl2N3O3S.2C24H18Cl2N4O3S/c1-17-15-20(30-13-4-14-34(30,32)33)9-10-21(17)26(31)28-19-8-11-23(27)22(16-19)25-12-7-18-5-2-3-6-24(18)29-25;26-21-10-7-17(14-20(21)24-11-6-16-4-1-2-5-23(16)29-24)28-25(31)19-9-8-18(15-22(19)27)30-12-3-13-34(30,32)33;25-19-7-4-15(13-18(19)21-8-9-22-23(29-21)3-1-10-27-22)28-24(31)17-6-5-16(14-20(17)26)30-11-2-12-34(30,32)33;25-20-7-4-15(13-19(20)23-18-3-1-9-27-22(18)8-10-28-23)29-24(31)17-6-5-16(14-21(17)26)30-11-2-12-34(30,32)33/h2-3,5-12,15-16H,4,13-14H2,1H3,(H,28,31);1-2,4-11,14-15H,3,12-13H2,(H,28,31);1,3-10,13-14H,2,11-12H2,(H,28,31);1,3-10,13-14H,2,11-12H2,(H,29,31). The first-order chi connectivity index (χ1) is 65.3. The Balaban J connectivity index is 0.000000126. The van der Waals surface area contributed by atoms with E-state index in [1.165, 1.54) is 53.6 Å². The number of nitrogens with zero attached hydrogens (tertiary/aromatic N) is 10. The maximum absolute atomic E-state index is 13.0. The van der Waals surface area contributed by atoms with Crippen molar-refractivity contribution < 1.29 is 52.8 Å². The lowest BCUT2D eigenvalue weighted by Crippen LogP contribution is -2.25. The molecule has 0 spiro atoms. The zero-order valence-electron chi connectivity index (χ0n) is 71.7. The highest BCUT2D eigenvalue weighted by Crippen LogP contribution is 2.41. The summed E-state index contributed by atoms with van der Waals surface area (Å²) in [6.07, 6.45) is 7.36. The van der Waals surface area contributed by atoms with Crippen LogP contribution in [0.25, 0.3) is 88.8 Å². The van der Waals surface area contributed by atoms with Gasteiger partial charge in [0.1, 0.15) is 0 Å². The van der Waals surface area contributed by atoms with E-state index in [9.17, 15) is 52.8 Å². The lowest BCUT2D eigenvalue weighted by molar-refractivity contribution is 0.101. The number of carbonyl (C=O) groups excluding carboxylic acids is 4. The minimum absolute atomic E-state index is 0.105. The summed E-state index contributed by atoms with van der Waals surface area (Å²) in [5.74, 6) is -1.08. The number of amides is 4. The Kier molecular flexibility index (Phi) is 28.0. The molecule has 6 aromatic heterocycles. The normalized spacial score (nSPS) is 14.9. The molecule has 0 aliphatic carbocycles. The Hall–Kier alpha value is -13.0. The fourth-order valence-corrected chi connectivity index (χ4v) is 23.9. The smallest absolute Gasteiger partial charge is 0.257 e. The van der Waals surface area contributed by atoms with Gasteiger partial charge in [0, 0.05) is 111 Å². The number of nitrogens with one attached hydrogen (secondary N) is 4. The van der Waals surface area contributed by atoms with E-state index in [-0.39, 0.29) is 60.7 Å². The van der Waals surface area contributed by atoms with Gasteiger partial charge in [-0.3, -0.25) is 51.4 Å². The molecule has 136 heavy (non-hydrogen) atoms. The van der Waals surface area contributed by atoms with Crippen molar-refractivity contribution in [1.82, 2.24) is 29.9 Å². The number of hydrogen-bond acceptors (Lipinski definition) is 18. The molecule has 688 valence electrons. The van der Waals surface area contributed by atoms with E-state index in [4.69, 9.17) is 86.2 Å². The van der Waals surface area contributed by atoms with Crippen molar-refractivity contribution >= 4 is 234 Å². The molecule has 26 nitrogen and oxygen atoms in total. The van der Waals surface area contributed by atoms with Crippen LogP contribution in [0.1, 0.15) is 72.7 Å². The van der Waals surface area contributed by atoms with Crippen molar-refractivity contribution in [3.05, 3.63) is 342 Å². The van der Waals surface area contributed by atoms with Gasteiger partial charge in [-0.2, -0.15) is 0 Å². The van der Waals surface area contributed by atoms with Crippen LogP contribution >= 0.6 is 81.2 Å². The number of rotatable bonds is 16. The van der Waals surface area contributed by atoms with Gasteiger partial charge in [0.05, 0.1) is 148 Å². The van der Waals surface area contributed by atoms with Crippen molar-refractivity contribution in [2.24, 2.45) is 0 Å². The molecule has 20 rings (SSSR count). The topological polar surface area (TPSA) is 343 Å². The number of benzene rings is 10. The van der Waals surface area contributed by atoms with Gasteiger partial charge in [-0.25, -0.2) is 48.6 Å². The van der Waals surface area contributed by atoms with E-state index in [2.05, 4.69) is 46.2 Å². The molecule has 4 aliphatic heterocycles. The third-order valence-electron chi connectivity index (χ3n) is 22.8. The molecule has 0 atom stereocenters. The summed E-state index contributed by atoms with van der Waals surface area (Å²) in [6.45, 7) is 3.46. The van der Waals surface area contributed by atoms with Gasteiger partial charge in [-0.05, 0) is 250 Å². The number of anilines is 8. The van der Waals surface area contributed by atoms with Gasteiger partial charge in [-0.1, -0.05) is 130 Å². The average molecular weight is 2030 g/mol. The van der Waals surface area contributed by atoms with E-state index in [1.807, 2.05) is 115 Å². The van der Waals surface area contributed by atoms with Gasteiger partial charge in [0.2, 0.25) is 40.1 Å².